The molecule has 2 rings (SSSR count). The van der Waals surface area contributed by atoms with E-state index in [0.717, 1.165) is 25.7 Å². The maximum Gasteiger partial charge on any atom is 0.307 e. The summed E-state index contributed by atoms with van der Waals surface area (Å²) in [7, 11) is 0. The molecular weight excluding hydrogens is 264 g/mol. The van der Waals surface area contributed by atoms with Gasteiger partial charge in [0.1, 0.15) is 5.60 Å². The van der Waals surface area contributed by atoms with Crippen molar-refractivity contribution in [1.29, 1.82) is 0 Å². The minimum absolute atomic E-state index is 0.0688. The van der Waals surface area contributed by atoms with Gasteiger partial charge in [-0.3, -0.25) is 4.79 Å². The Balaban J connectivity index is 1.63. The zero-order valence-electron chi connectivity index (χ0n) is 14.1. The Hall–Kier alpha value is -0.610. The van der Waals surface area contributed by atoms with Crippen molar-refractivity contribution in [3.8, 4) is 0 Å². The minimum Gasteiger partial charge on any atom is -0.460 e. The van der Waals surface area contributed by atoms with Crippen LogP contribution in [-0.2, 0) is 9.53 Å². The van der Waals surface area contributed by atoms with E-state index >= 15 is 0 Å². The van der Waals surface area contributed by atoms with Gasteiger partial charge in [-0.1, -0.05) is 6.42 Å². The highest BCUT2D eigenvalue weighted by atomic mass is 16.6. The molecule has 0 aliphatic carbocycles. The van der Waals surface area contributed by atoms with Crippen LogP contribution in [0, 0.1) is 0 Å². The predicted molar refractivity (Wildman–Crippen MR) is 85.3 cm³/mol. The Bertz CT molecular complexity index is 324. The summed E-state index contributed by atoms with van der Waals surface area (Å²) in [6, 6.07) is 0.781. The summed E-state index contributed by atoms with van der Waals surface area (Å²) < 4.78 is 5.37. The van der Waals surface area contributed by atoms with E-state index in [-0.39, 0.29) is 11.6 Å². The van der Waals surface area contributed by atoms with Gasteiger partial charge in [0.2, 0.25) is 0 Å². The Kier molecular flexibility index (Phi) is 6.06. The van der Waals surface area contributed by atoms with E-state index in [1.54, 1.807) is 0 Å². The van der Waals surface area contributed by atoms with Crippen LogP contribution in [0.1, 0.15) is 59.3 Å². The van der Waals surface area contributed by atoms with Crippen LogP contribution in [0.4, 0.5) is 0 Å². The lowest BCUT2D eigenvalue weighted by atomic mass is 10.00. The van der Waals surface area contributed by atoms with Crippen LogP contribution >= 0.6 is 0 Å². The molecule has 0 bridgehead atoms. The van der Waals surface area contributed by atoms with Gasteiger partial charge in [0.15, 0.2) is 0 Å². The van der Waals surface area contributed by atoms with Gasteiger partial charge in [-0.05, 0) is 72.6 Å². The van der Waals surface area contributed by atoms with Crippen molar-refractivity contribution in [3.05, 3.63) is 0 Å². The lowest BCUT2D eigenvalue weighted by Crippen LogP contribution is -2.47. The second kappa shape index (κ2) is 7.59. The molecular formula is C17H32N2O2. The molecule has 0 spiro atoms. The average molecular weight is 296 g/mol. The first-order chi connectivity index (χ1) is 9.94. The van der Waals surface area contributed by atoms with Gasteiger partial charge >= 0.3 is 5.97 Å². The number of nitrogens with zero attached hydrogens (tertiary/aromatic N) is 2. The summed E-state index contributed by atoms with van der Waals surface area (Å²) >= 11 is 0. The van der Waals surface area contributed by atoms with Crippen LogP contribution in [0.5, 0.6) is 0 Å². The Morgan fingerprint density at radius 1 is 1.05 bits per heavy atom. The molecule has 0 aromatic heterocycles. The molecule has 0 unspecified atom stereocenters. The standard InChI is InChI=1S/C17H32N2O2/c1-17(2,3)21-16(20)9-14-18-12-7-15(8-13-18)19-10-5-4-6-11-19/h15H,4-14H2,1-3H3. The minimum atomic E-state index is -0.363. The first kappa shape index (κ1) is 16.8. The van der Waals surface area contributed by atoms with E-state index in [9.17, 15) is 4.79 Å². The van der Waals surface area contributed by atoms with E-state index < -0.39 is 0 Å². The van der Waals surface area contributed by atoms with Crippen LogP contribution in [0.15, 0.2) is 0 Å². The van der Waals surface area contributed by atoms with Crippen LogP contribution < -0.4 is 0 Å². The molecule has 122 valence electrons. The largest absolute Gasteiger partial charge is 0.460 e. The molecule has 0 aromatic carbocycles. The van der Waals surface area contributed by atoms with Crippen molar-refractivity contribution in [2.75, 3.05) is 32.7 Å². The van der Waals surface area contributed by atoms with Crippen molar-refractivity contribution >= 4 is 5.97 Å². The molecule has 0 radical (unpaired) electrons. The molecule has 2 aliphatic heterocycles. The normalized spacial score (nSPS) is 23.2. The lowest BCUT2D eigenvalue weighted by Gasteiger charge is -2.40. The highest BCUT2D eigenvalue weighted by Crippen LogP contribution is 2.21. The van der Waals surface area contributed by atoms with Crippen molar-refractivity contribution in [3.63, 3.8) is 0 Å². The first-order valence-corrected chi connectivity index (χ1v) is 8.62. The van der Waals surface area contributed by atoms with E-state index in [1.165, 1.54) is 45.2 Å². The maximum atomic E-state index is 11.8. The van der Waals surface area contributed by atoms with Crippen LogP contribution in [0.25, 0.3) is 0 Å². The Morgan fingerprint density at radius 3 is 2.24 bits per heavy atom. The third kappa shape index (κ3) is 5.95. The second-order valence-corrected chi connectivity index (χ2v) is 7.51. The van der Waals surface area contributed by atoms with E-state index in [0.29, 0.717) is 6.42 Å². The van der Waals surface area contributed by atoms with Crippen molar-refractivity contribution in [1.82, 2.24) is 9.80 Å². The molecule has 2 fully saturated rings. The number of likely N-dealkylation sites (tertiary alicyclic amines) is 2. The van der Waals surface area contributed by atoms with Crippen molar-refractivity contribution in [2.45, 2.75) is 70.9 Å². The molecule has 0 atom stereocenters. The fourth-order valence-corrected chi connectivity index (χ4v) is 3.43. The smallest absolute Gasteiger partial charge is 0.307 e. The predicted octanol–water partition coefficient (Wildman–Crippen LogP) is 2.67. The number of ether oxygens (including phenoxy) is 1. The van der Waals surface area contributed by atoms with Gasteiger partial charge in [0, 0.05) is 12.6 Å². The summed E-state index contributed by atoms with van der Waals surface area (Å²) in [4.78, 5) is 16.9. The van der Waals surface area contributed by atoms with E-state index in [4.69, 9.17) is 4.74 Å². The summed E-state index contributed by atoms with van der Waals surface area (Å²) in [5, 5.41) is 0. The fourth-order valence-electron chi connectivity index (χ4n) is 3.43. The molecule has 4 nitrogen and oxygen atoms in total. The number of hydrogen-bond donors (Lipinski definition) is 0. The van der Waals surface area contributed by atoms with Crippen LogP contribution in [0.3, 0.4) is 0 Å². The third-order valence-electron chi connectivity index (χ3n) is 4.52. The molecule has 21 heavy (non-hydrogen) atoms. The highest BCUT2D eigenvalue weighted by Gasteiger charge is 2.26. The summed E-state index contributed by atoms with van der Waals surface area (Å²) in [6.45, 7) is 11.5. The zero-order valence-corrected chi connectivity index (χ0v) is 14.1. The van der Waals surface area contributed by atoms with Crippen molar-refractivity contribution < 1.29 is 9.53 Å². The van der Waals surface area contributed by atoms with E-state index in [1.807, 2.05) is 20.8 Å². The number of carbonyl (C=O) groups excluding carboxylic acids is 1. The fraction of sp³-hybridized carbons (Fsp3) is 0.941. The number of hydrogen-bond acceptors (Lipinski definition) is 4. The molecule has 2 heterocycles. The SMILES string of the molecule is CC(C)(C)OC(=O)CCN1CCC(N2CCCCC2)CC1. The van der Waals surface area contributed by atoms with Gasteiger partial charge in [-0.2, -0.15) is 0 Å². The number of rotatable bonds is 4. The van der Waals surface area contributed by atoms with Crippen LogP contribution in [0.2, 0.25) is 0 Å². The quantitative estimate of drug-likeness (QED) is 0.747. The van der Waals surface area contributed by atoms with Crippen LogP contribution in [-0.4, -0.2) is 60.1 Å². The zero-order chi connectivity index (χ0) is 15.3. The second-order valence-electron chi connectivity index (χ2n) is 7.51. The number of carbonyl (C=O) groups is 1. The highest BCUT2D eigenvalue weighted by molar-refractivity contribution is 5.70. The summed E-state index contributed by atoms with van der Waals surface area (Å²) in [5.41, 5.74) is -0.363. The van der Waals surface area contributed by atoms with Gasteiger partial charge in [0.25, 0.3) is 0 Å². The molecule has 0 aromatic rings. The van der Waals surface area contributed by atoms with Gasteiger partial charge in [-0.15, -0.1) is 0 Å². The van der Waals surface area contributed by atoms with Gasteiger partial charge in [-0.25, -0.2) is 0 Å². The number of piperidine rings is 2. The van der Waals surface area contributed by atoms with E-state index in [2.05, 4.69) is 9.80 Å². The molecule has 0 N–H and O–H groups in total. The Labute approximate surface area is 129 Å². The molecule has 0 saturated carbocycles. The first-order valence-electron chi connectivity index (χ1n) is 8.62. The number of esters is 1. The topological polar surface area (TPSA) is 32.8 Å². The Morgan fingerprint density at radius 2 is 1.67 bits per heavy atom. The molecule has 2 saturated heterocycles. The lowest BCUT2D eigenvalue weighted by molar-refractivity contribution is -0.155. The molecule has 4 heteroatoms. The summed E-state index contributed by atoms with van der Waals surface area (Å²) in [5.74, 6) is -0.0688. The monoisotopic (exact) mass is 296 g/mol. The average Bonchev–Trinajstić information content (AvgIpc) is 2.45. The molecule has 0 amide bonds. The maximum absolute atomic E-state index is 11.8. The molecule has 2 aliphatic rings. The third-order valence-corrected chi connectivity index (χ3v) is 4.52. The summed E-state index contributed by atoms with van der Waals surface area (Å²) in [6.07, 6.45) is 7.19. The van der Waals surface area contributed by atoms with Crippen molar-refractivity contribution in [2.24, 2.45) is 0 Å². The van der Waals surface area contributed by atoms with Gasteiger partial charge < -0.3 is 14.5 Å². The van der Waals surface area contributed by atoms with Gasteiger partial charge in [0.05, 0.1) is 6.42 Å².